The number of aliphatic carboxylic acids is 1. The van der Waals surface area contributed by atoms with E-state index in [9.17, 15) is 14.7 Å². The number of methoxy groups -OCH3 is 2. The average molecular weight is 293 g/mol. The zero-order valence-corrected chi connectivity index (χ0v) is 12.1. The van der Waals surface area contributed by atoms with E-state index < -0.39 is 12.0 Å². The first kappa shape index (κ1) is 15.5. The van der Waals surface area contributed by atoms with Crippen LogP contribution < -0.4 is 0 Å². The standard InChI is InChI=1S/C15H19NO5/c1-20-9-10-3-5-11(6-4-10)14(17)16-8-12(21-2)7-13(16)15(18)19/h3-6,12-13H,7-9H2,1-2H3,(H,18,19). The summed E-state index contributed by atoms with van der Waals surface area (Å²) in [5.74, 6) is -1.29. The topological polar surface area (TPSA) is 76.1 Å². The van der Waals surface area contributed by atoms with Crippen molar-refractivity contribution in [1.29, 1.82) is 0 Å². The molecule has 2 rings (SSSR count). The van der Waals surface area contributed by atoms with Crippen LogP contribution in [0.3, 0.4) is 0 Å². The van der Waals surface area contributed by atoms with Crippen molar-refractivity contribution in [2.75, 3.05) is 20.8 Å². The monoisotopic (exact) mass is 293 g/mol. The molecule has 6 nitrogen and oxygen atoms in total. The smallest absolute Gasteiger partial charge is 0.326 e. The second-order valence-corrected chi connectivity index (χ2v) is 5.03. The highest BCUT2D eigenvalue weighted by Gasteiger charge is 2.40. The van der Waals surface area contributed by atoms with Crippen LogP contribution in [-0.2, 0) is 20.9 Å². The number of carbonyl (C=O) groups is 2. The van der Waals surface area contributed by atoms with Crippen molar-refractivity contribution in [3.8, 4) is 0 Å². The van der Waals surface area contributed by atoms with E-state index in [-0.39, 0.29) is 12.0 Å². The molecule has 1 aromatic rings. The third kappa shape index (κ3) is 3.40. The van der Waals surface area contributed by atoms with Gasteiger partial charge >= 0.3 is 5.97 Å². The molecule has 1 amide bonds. The number of hydrogen-bond acceptors (Lipinski definition) is 4. The summed E-state index contributed by atoms with van der Waals surface area (Å²) < 4.78 is 10.2. The zero-order valence-electron chi connectivity index (χ0n) is 12.1. The maximum Gasteiger partial charge on any atom is 0.326 e. The fourth-order valence-corrected chi connectivity index (χ4v) is 2.50. The van der Waals surface area contributed by atoms with Gasteiger partial charge in [-0.3, -0.25) is 4.79 Å². The summed E-state index contributed by atoms with van der Waals surface area (Å²) in [6, 6.07) is 6.15. The number of benzene rings is 1. The Morgan fingerprint density at radius 2 is 1.95 bits per heavy atom. The molecule has 2 atom stereocenters. The second-order valence-electron chi connectivity index (χ2n) is 5.03. The van der Waals surface area contributed by atoms with Gasteiger partial charge in [0.1, 0.15) is 6.04 Å². The molecule has 0 aliphatic carbocycles. The summed E-state index contributed by atoms with van der Waals surface area (Å²) in [4.78, 5) is 25.1. The fraction of sp³-hybridized carbons (Fsp3) is 0.467. The summed E-state index contributed by atoms with van der Waals surface area (Å²) in [7, 11) is 3.13. The molecule has 1 fully saturated rings. The summed E-state index contributed by atoms with van der Waals surface area (Å²) in [6.45, 7) is 0.772. The second kappa shape index (κ2) is 6.69. The Bertz CT molecular complexity index is 513. The van der Waals surface area contributed by atoms with Gasteiger partial charge in [-0.1, -0.05) is 12.1 Å². The molecule has 21 heavy (non-hydrogen) atoms. The lowest BCUT2D eigenvalue weighted by Crippen LogP contribution is -2.40. The SMILES string of the molecule is COCc1ccc(C(=O)N2CC(OC)CC2C(=O)O)cc1. The van der Waals surface area contributed by atoms with E-state index >= 15 is 0 Å². The number of amides is 1. The molecule has 2 unspecified atom stereocenters. The Hall–Kier alpha value is -1.92. The third-order valence-corrected chi connectivity index (χ3v) is 3.65. The van der Waals surface area contributed by atoms with Crippen LogP contribution in [0.5, 0.6) is 0 Å². The van der Waals surface area contributed by atoms with E-state index in [1.165, 1.54) is 12.0 Å². The van der Waals surface area contributed by atoms with Crippen LogP contribution in [0.25, 0.3) is 0 Å². The first-order valence-corrected chi connectivity index (χ1v) is 6.71. The molecule has 1 aromatic carbocycles. The molecule has 1 saturated heterocycles. The normalized spacial score (nSPS) is 21.5. The van der Waals surface area contributed by atoms with Gasteiger partial charge < -0.3 is 19.5 Å². The number of rotatable bonds is 5. The Morgan fingerprint density at radius 3 is 2.48 bits per heavy atom. The average Bonchev–Trinajstić information content (AvgIpc) is 2.92. The van der Waals surface area contributed by atoms with Crippen LogP contribution in [0.1, 0.15) is 22.3 Å². The predicted octanol–water partition coefficient (Wildman–Crippen LogP) is 1.15. The fourth-order valence-electron chi connectivity index (χ4n) is 2.50. The van der Waals surface area contributed by atoms with Gasteiger partial charge in [-0.05, 0) is 17.7 Å². The molecule has 0 bridgehead atoms. The van der Waals surface area contributed by atoms with E-state index in [4.69, 9.17) is 9.47 Å². The molecule has 0 spiro atoms. The molecular formula is C15H19NO5. The van der Waals surface area contributed by atoms with Crippen molar-refractivity contribution >= 4 is 11.9 Å². The molecule has 0 saturated carbocycles. The zero-order chi connectivity index (χ0) is 15.4. The van der Waals surface area contributed by atoms with Gasteiger partial charge in [0.25, 0.3) is 5.91 Å². The number of carbonyl (C=O) groups excluding carboxylic acids is 1. The quantitative estimate of drug-likeness (QED) is 0.881. The minimum atomic E-state index is -1.00. The number of carboxylic acid groups (broad SMARTS) is 1. The summed E-state index contributed by atoms with van der Waals surface area (Å²) in [5.41, 5.74) is 1.43. The van der Waals surface area contributed by atoms with Gasteiger partial charge in [0.05, 0.1) is 12.7 Å². The van der Waals surface area contributed by atoms with Crippen molar-refractivity contribution in [1.82, 2.24) is 4.90 Å². The van der Waals surface area contributed by atoms with Crippen LogP contribution in [-0.4, -0.2) is 54.8 Å². The highest BCUT2D eigenvalue weighted by molar-refractivity contribution is 5.97. The number of likely N-dealkylation sites (tertiary alicyclic amines) is 1. The Labute approximate surface area is 123 Å². The van der Waals surface area contributed by atoms with E-state index in [0.29, 0.717) is 25.1 Å². The van der Waals surface area contributed by atoms with Crippen LogP contribution in [0.15, 0.2) is 24.3 Å². The Kier molecular flexibility index (Phi) is 4.93. The highest BCUT2D eigenvalue weighted by atomic mass is 16.5. The van der Waals surface area contributed by atoms with E-state index in [1.807, 2.05) is 0 Å². The van der Waals surface area contributed by atoms with Crippen molar-refractivity contribution in [3.63, 3.8) is 0 Å². The van der Waals surface area contributed by atoms with E-state index in [1.54, 1.807) is 31.4 Å². The number of carboxylic acids is 1. The highest BCUT2D eigenvalue weighted by Crippen LogP contribution is 2.23. The van der Waals surface area contributed by atoms with Crippen molar-refractivity contribution in [2.45, 2.75) is 25.2 Å². The number of nitrogens with zero attached hydrogens (tertiary/aromatic N) is 1. The van der Waals surface area contributed by atoms with Gasteiger partial charge in [-0.25, -0.2) is 4.79 Å². The van der Waals surface area contributed by atoms with E-state index in [0.717, 1.165) is 5.56 Å². The lowest BCUT2D eigenvalue weighted by molar-refractivity contribution is -0.141. The maximum atomic E-state index is 12.5. The van der Waals surface area contributed by atoms with Crippen LogP contribution in [0.4, 0.5) is 0 Å². The minimum Gasteiger partial charge on any atom is -0.480 e. The van der Waals surface area contributed by atoms with Crippen LogP contribution in [0.2, 0.25) is 0 Å². The lowest BCUT2D eigenvalue weighted by atomic mass is 10.1. The molecule has 1 heterocycles. The molecule has 114 valence electrons. The van der Waals surface area contributed by atoms with Crippen LogP contribution in [0, 0.1) is 0 Å². The molecule has 0 aromatic heterocycles. The Morgan fingerprint density at radius 1 is 1.29 bits per heavy atom. The van der Waals surface area contributed by atoms with Crippen molar-refractivity contribution in [2.24, 2.45) is 0 Å². The first-order valence-electron chi connectivity index (χ1n) is 6.71. The first-order chi connectivity index (χ1) is 10.1. The van der Waals surface area contributed by atoms with Gasteiger partial charge in [-0.2, -0.15) is 0 Å². The number of ether oxygens (including phenoxy) is 2. The van der Waals surface area contributed by atoms with E-state index in [2.05, 4.69) is 0 Å². The summed E-state index contributed by atoms with van der Waals surface area (Å²) in [6.07, 6.45) is 0.0853. The minimum absolute atomic E-state index is 0.234. The molecule has 1 aliphatic rings. The Balaban J connectivity index is 2.15. The largest absolute Gasteiger partial charge is 0.480 e. The number of hydrogen-bond donors (Lipinski definition) is 1. The lowest BCUT2D eigenvalue weighted by Gasteiger charge is -2.21. The predicted molar refractivity (Wildman–Crippen MR) is 75.0 cm³/mol. The third-order valence-electron chi connectivity index (χ3n) is 3.65. The van der Waals surface area contributed by atoms with Gasteiger partial charge in [0.2, 0.25) is 0 Å². The maximum absolute atomic E-state index is 12.5. The molecule has 1 aliphatic heterocycles. The molecule has 0 radical (unpaired) electrons. The van der Waals surface area contributed by atoms with Crippen molar-refractivity contribution in [3.05, 3.63) is 35.4 Å². The van der Waals surface area contributed by atoms with Crippen molar-refractivity contribution < 1.29 is 24.2 Å². The molecule has 1 N–H and O–H groups in total. The molecular weight excluding hydrogens is 274 g/mol. The summed E-state index contributed by atoms with van der Waals surface area (Å²) in [5, 5.41) is 9.24. The van der Waals surface area contributed by atoms with Gasteiger partial charge in [0, 0.05) is 32.7 Å². The molecule has 6 heteroatoms. The summed E-state index contributed by atoms with van der Waals surface area (Å²) >= 11 is 0. The van der Waals surface area contributed by atoms with Crippen LogP contribution >= 0.6 is 0 Å². The van der Waals surface area contributed by atoms with Gasteiger partial charge in [-0.15, -0.1) is 0 Å². The van der Waals surface area contributed by atoms with Gasteiger partial charge in [0.15, 0.2) is 0 Å².